The van der Waals surface area contributed by atoms with Crippen LogP contribution in [0.25, 0.3) is 21.8 Å². The van der Waals surface area contributed by atoms with E-state index in [9.17, 15) is 0 Å². The van der Waals surface area contributed by atoms with Crippen molar-refractivity contribution in [3.63, 3.8) is 0 Å². The second kappa shape index (κ2) is 6.93. The summed E-state index contributed by atoms with van der Waals surface area (Å²) in [5.74, 6) is -0.833. The molecule has 0 aliphatic rings. The number of fused-ring (bicyclic) bond motifs is 3. The molecule has 2 heterocycles. The molecule has 0 unspecified atom stereocenters. The van der Waals surface area contributed by atoms with Crippen molar-refractivity contribution in [1.82, 2.24) is 9.97 Å². The van der Waals surface area contributed by atoms with Gasteiger partial charge in [0.05, 0.1) is 0 Å². The summed E-state index contributed by atoms with van der Waals surface area (Å²) in [6.07, 6.45) is 4.63. The van der Waals surface area contributed by atoms with E-state index in [1.807, 2.05) is 24.3 Å². The third kappa shape index (κ3) is 3.82. The van der Waals surface area contributed by atoms with Crippen molar-refractivity contribution >= 4 is 27.8 Å². The Bertz CT molecular complexity index is 642. The maximum atomic E-state index is 9.00. The zero-order valence-corrected chi connectivity index (χ0v) is 11.7. The SMILES string of the molecule is CC(=O)O.[Pd].[c-]1ccc2ccc3cccnc3c2n1. The molecule has 0 radical (unpaired) electrons. The summed E-state index contributed by atoms with van der Waals surface area (Å²) >= 11 is 0. The molecule has 0 amide bonds. The average molecular weight is 346 g/mol. The van der Waals surface area contributed by atoms with Crippen LogP contribution in [-0.2, 0) is 25.2 Å². The molecule has 1 N–H and O–H groups in total. The number of rotatable bonds is 0. The molecule has 0 bridgehead atoms. The second-order valence-corrected chi connectivity index (χ2v) is 3.67. The van der Waals surface area contributed by atoms with E-state index in [-0.39, 0.29) is 20.4 Å². The van der Waals surface area contributed by atoms with Crippen LogP contribution in [0.2, 0.25) is 0 Å². The Morgan fingerprint density at radius 3 is 2.47 bits per heavy atom. The molecule has 0 atom stereocenters. The van der Waals surface area contributed by atoms with Crippen LogP contribution in [0.4, 0.5) is 0 Å². The maximum absolute atomic E-state index is 9.00. The molecule has 0 spiro atoms. The van der Waals surface area contributed by atoms with E-state index in [4.69, 9.17) is 9.90 Å². The van der Waals surface area contributed by atoms with Crippen LogP contribution in [0.15, 0.2) is 42.6 Å². The molecule has 19 heavy (non-hydrogen) atoms. The molecule has 2 aromatic heterocycles. The van der Waals surface area contributed by atoms with Gasteiger partial charge in [0.15, 0.2) is 0 Å². The molecule has 3 rings (SSSR count). The number of pyridine rings is 2. The molecule has 100 valence electrons. The Balaban J connectivity index is 0.000000323. The van der Waals surface area contributed by atoms with Gasteiger partial charge in [0, 0.05) is 39.1 Å². The van der Waals surface area contributed by atoms with Gasteiger partial charge >= 0.3 is 0 Å². The number of aromatic nitrogens is 2. The van der Waals surface area contributed by atoms with Gasteiger partial charge < -0.3 is 10.1 Å². The van der Waals surface area contributed by atoms with E-state index in [2.05, 4.69) is 28.3 Å². The fraction of sp³-hybridized carbons (Fsp3) is 0.0714. The van der Waals surface area contributed by atoms with E-state index in [0.717, 1.165) is 28.7 Å². The first-order chi connectivity index (χ1) is 8.68. The molecule has 0 aliphatic heterocycles. The van der Waals surface area contributed by atoms with Crippen LogP contribution in [-0.4, -0.2) is 21.0 Å². The third-order valence-corrected chi connectivity index (χ3v) is 2.29. The Morgan fingerprint density at radius 2 is 1.79 bits per heavy atom. The quantitative estimate of drug-likeness (QED) is 0.386. The molecule has 0 fully saturated rings. The van der Waals surface area contributed by atoms with Crippen LogP contribution in [0.3, 0.4) is 0 Å². The molecule has 5 heteroatoms. The molecule has 1 aromatic carbocycles. The number of nitrogens with zero attached hydrogens (tertiary/aromatic N) is 2. The average Bonchev–Trinajstić information content (AvgIpc) is 2.38. The maximum Gasteiger partial charge on any atom is 0.300 e. The minimum Gasteiger partial charge on any atom is -0.481 e. The third-order valence-electron chi connectivity index (χ3n) is 2.29. The number of carbonyl (C=O) groups is 1. The normalized spacial score (nSPS) is 9.32. The topological polar surface area (TPSA) is 63.1 Å². The van der Waals surface area contributed by atoms with Gasteiger partial charge in [-0.2, -0.15) is 12.1 Å². The summed E-state index contributed by atoms with van der Waals surface area (Å²) < 4.78 is 0. The van der Waals surface area contributed by atoms with Gasteiger partial charge in [-0.25, -0.2) is 0 Å². The van der Waals surface area contributed by atoms with Crippen molar-refractivity contribution in [2.75, 3.05) is 0 Å². The van der Waals surface area contributed by atoms with Crippen LogP contribution >= 0.6 is 0 Å². The summed E-state index contributed by atoms with van der Waals surface area (Å²) in [6.45, 7) is 1.08. The minimum atomic E-state index is -0.833. The molecule has 3 aromatic rings. The number of hydrogen-bond donors (Lipinski definition) is 1. The first-order valence-corrected chi connectivity index (χ1v) is 5.38. The van der Waals surface area contributed by atoms with Crippen LogP contribution in [0.5, 0.6) is 0 Å². The number of benzene rings is 1. The van der Waals surface area contributed by atoms with Gasteiger partial charge in [-0.1, -0.05) is 24.4 Å². The summed E-state index contributed by atoms with van der Waals surface area (Å²) in [4.78, 5) is 17.5. The van der Waals surface area contributed by atoms with Crippen molar-refractivity contribution in [3.8, 4) is 0 Å². The van der Waals surface area contributed by atoms with Gasteiger partial charge in [-0.3, -0.25) is 9.78 Å². The fourth-order valence-electron chi connectivity index (χ4n) is 1.63. The standard InChI is InChI=1S/C12H7N2.C2H4O2.Pd/c1-3-9-5-6-10-4-2-8-14-12(10)11(9)13-7-1;1-2(3)4;/h1-7H;1H3,(H,3,4);/q-1;;. The number of carboxylic acid groups (broad SMARTS) is 1. The minimum absolute atomic E-state index is 0. The predicted molar refractivity (Wildman–Crippen MR) is 69.2 cm³/mol. The van der Waals surface area contributed by atoms with Crippen LogP contribution in [0.1, 0.15) is 6.92 Å². The van der Waals surface area contributed by atoms with E-state index in [0.29, 0.717) is 0 Å². The van der Waals surface area contributed by atoms with E-state index in [1.54, 1.807) is 6.20 Å². The van der Waals surface area contributed by atoms with Crippen LogP contribution < -0.4 is 0 Å². The molecule has 0 saturated heterocycles. The van der Waals surface area contributed by atoms with Crippen molar-refractivity contribution in [1.29, 1.82) is 0 Å². The smallest absolute Gasteiger partial charge is 0.300 e. The Labute approximate surface area is 124 Å². The first-order valence-electron chi connectivity index (χ1n) is 5.38. The summed E-state index contributed by atoms with van der Waals surface area (Å²) in [6, 6.07) is 11.9. The van der Waals surface area contributed by atoms with E-state index >= 15 is 0 Å². The Hall–Kier alpha value is -1.83. The number of aliphatic carboxylic acids is 1. The van der Waals surface area contributed by atoms with Crippen LogP contribution in [0, 0.1) is 6.20 Å². The van der Waals surface area contributed by atoms with Gasteiger partial charge in [0.2, 0.25) is 0 Å². The van der Waals surface area contributed by atoms with Gasteiger partial charge in [-0.15, -0.1) is 5.39 Å². The number of carboxylic acids is 1. The van der Waals surface area contributed by atoms with Crippen molar-refractivity contribution in [2.24, 2.45) is 0 Å². The largest absolute Gasteiger partial charge is 0.481 e. The molecule has 0 saturated carbocycles. The van der Waals surface area contributed by atoms with Crippen molar-refractivity contribution in [3.05, 3.63) is 48.8 Å². The van der Waals surface area contributed by atoms with Crippen molar-refractivity contribution in [2.45, 2.75) is 6.92 Å². The Morgan fingerprint density at radius 1 is 1.16 bits per heavy atom. The van der Waals surface area contributed by atoms with Gasteiger partial charge in [-0.05, 0) is 17.0 Å². The van der Waals surface area contributed by atoms with E-state index in [1.165, 1.54) is 0 Å². The van der Waals surface area contributed by atoms with Crippen molar-refractivity contribution < 1.29 is 30.3 Å². The Kier molecular flexibility index (Phi) is 5.56. The fourth-order valence-corrected chi connectivity index (χ4v) is 1.63. The van der Waals surface area contributed by atoms with Gasteiger partial charge in [0.1, 0.15) is 0 Å². The first kappa shape index (κ1) is 15.2. The number of hydrogen-bond acceptors (Lipinski definition) is 3. The monoisotopic (exact) mass is 345 g/mol. The molecular weight excluding hydrogens is 335 g/mol. The van der Waals surface area contributed by atoms with Gasteiger partial charge in [0.25, 0.3) is 5.97 Å². The predicted octanol–water partition coefficient (Wildman–Crippen LogP) is 2.67. The summed E-state index contributed by atoms with van der Waals surface area (Å²) in [5, 5.41) is 9.64. The summed E-state index contributed by atoms with van der Waals surface area (Å²) in [5.41, 5.74) is 1.87. The second-order valence-electron chi connectivity index (χ2n) is 3.67. The van der Waals surface area contributed by atoms with E-state index < -0.39 is 5.97 Å². The molecule has 4 nitrogen and oxygen atoms in total. The zero-order valence-electron chi connectivity index (χ0n) is 10.1. The summed E-state index contributed by atoms with van der Waals surface area (Å²) in [7, 11) is 0. The molecule has 0 aliphatic carbocycles. The molecular formula is C14H11N2O2Pd-. The zero-order chi connectivity index (χ0) is 13.0.